The van der Waals surface area contributed by atoms with E-state index in [2.05, 4.69) is 16.0 Å². The Hall–Kier alpha value is -3.07. The van der Waals surface area contributed by atoms with E-state index in [1.54, 1.807) is 19.1 Å². The highest BCUT2D eigenvalue weighted by molar-refractivity contribution is 5.91. The topological polar surface area (TPSA) is 84.1 Å². The van der Waals surface area contributed by atoms with Gasteiger partial charge in [-0.1, -0.05) is 13.8 Å². The fourth-order valence-corrected chi connectivity index (χ4v) is 2.66. The predicted molar refractivity (Wildman–Crippen MR) is 103 cm³/mol. The van der Waals surface area contributed by atoms with E-state index in [1.165, 1.54) is 0 Å². The Morgan fingerprint density at radius 1 is 1.15 bits per heavy atom. The molecule has 0 aliphatic rings. The van der Waals surface area contributed by atoms with Gasteiger partial charge in [0.25, 0.3) is 5.91 Å². The van der Waals surface area contributed by atoms with E-state index in [-0.39, 0.29) is 5.92 Å². The van der Waals surface area contributed by atoms with E-state index < -0.39 is 24.0 Å². The van der Waals surface area contributed by atoms with Crippen LogP contribution in [0.25, 0.3) is 5.69 Å². The molecule has 0 spiro atoms. The zero-order valence-corrected chi connectivity index (χ0v) is 16.4. The van der Waals surface area contributed by atoms with E-state index in [0.29, 0.717) is 5.56 Å². The number of benzene rings is 1. The Morgan fingerprint density at radius 2 is 1.70 bits per heavy atom. The van der Waals surface area contributed by atoms with Crippen LogP contribution >= 0.6 is 0 Å². The summed E-state index contributed by atoms with van der Waals surface area (Å²) in [4.78, 5) is 24.2. The molecule has 1 N–H and O–H groups in total. The average Bonchev–Trinajstić information content (AvgIpc) is 2.98. The van der Waals surface area contributed by atoms with Crippen LogP contribution in [-0.4, -0.2) is 28.6 Å². The maximum Gasteiger partial charge on any atom is 0.338 e. The molecule has 0 saturated carbocycles. The van der Waals surface area contributed by atoms with Gasteiger partial charge in [-0.3, -0.25) is 4.79 Å². The van der Waals surface area contributed by atoms with Gasteiger partial charge >= 0.3 is 5.97 Å². The summed E-state index contributed by atoms with van der Waals surface area (Å²) in [6.07, 6.45) is 0. The summed E-state index contributed by atoms with van der Waals surface area (Å²) in [6, 6.07) is 13.2. The predicted octanol–water partition coefficient (Wildman–Crippen LogP) is 3.31. The molecule has 0 fully saturated rings. The Labute approximate surface area is 159 Å². The largest absolute Gasteiger partial charge is 0.452 e. The number of nitrogens with one attached hydrogen (secondary N) is 1. The Morgan fingerprint density at radius 3 is 2.19 bits per heavy atom. The lowest BCUT2D eigenvalue weighted by Crippen LogP contribution is -2.50. The van der Waals surface area contributed by atoms with Crippen molar-refractivity contribution in [2.24, 2.45) is 5.92 Å². The molecule has 0 bridgehead atoms. The third-order valence-corrected chi connectivity index (χ3v) is 4.75. The zero-order valence-electron chi connectivity index (χ0n) is 16.4. The van der Waals surface area contributed by atoms with E-state index in [0.717, 1.165) is 17.1 Å². The first kappa shape index (κ1) is 20.2. The van der Waals surface area contributed by atoms with Gasteiger partial charge in [0.05, 0.1) is 11.6 Å². The first-order valence-corrected chi connectivity index (χ1v) is 8.82. The van der Waals surface area contributed by atoms with Crippen LogP contribution in [0.2, 0.25) is 0 Å². The summed E-state index contributed by atoms with van der Waals surface area (Å²) >= 11 is 0. The van der Waals surface area contributed by atoms with Crippen molar-refractivity contribution >= 4 is 11.9 Å². The molecule has 0 radical (unpaired) electrons. The minimum Gasteiger partial charge on any atom is -0.452 e. The highest BCUT2D eigenvalue weighted by Gasteiger charge is 2.30. The number of hydrogen-bond acceptors (Lipinski definition) is 4. The quantitative estimate of drug-likeness (QED) is 0.794. The number of nitrogens with zero attached hydrogens (tertiary/aromatic N) is 2. The Bertz CT molecular complexity index is 856. The molecule has 1 aromatic carbocycles. The summed E-state index contributed by atoms with van der Waals surface area (Å²) < 4.78 is 7.15. The van der Waals surface area contributed by atoms with Crippen molar-refractivity contribution in [3.63, 3.8) is 0 Å². The SMILES string of the molecule is Cc1ccc(C)n1-c1ccc(C(=O)OCC(=O)NC(C)(C#N)C(C)C)cc1. The van der Waals surface area contributed by atoms with Crippen LogP contribution in [0.4, 0.5) is 0 Å². The number of esters is 1. The maximum absolute atomic E-state index is 12.2. The van der Waals surface area contributed by atoms with E-state index in [9.17, 15) is 14.9 Å². The maximum atomic E-state index is 12.2. The monoisotopic (exact) mass is 367 g/mol. The molecule has 142 valence electrons. The van der Waals surface area contributed by atoms with Gasteiger partial charge in [-0.25, -0.2) is 4.79 Å². The van der Waals surface area contributed by atoms with Gasteiger partial charge in [-0.15, -0.1) is 0 Å². The van der Waals surface area contributed by atoms with Gasteiger partial charge in [0, 0.05) is 17.1 Å². The van der Waals surface area contributed by atoms with Crippen LogP contribution in [-0.2, 0) is 9.53 Å². The molecule has 1 aromatic heterocycles. The van der Waals surface area contributed by atoms with Crippen LogP contribution in [0.5, 0.6) is 0 Å². The van der Waals surface area contributed by atoms with E-state index in [4.69, 9.17) is 4.74 Å². The highest BCUT2D eigenvalue weighted by Crippen LogP contribution is 2.17. The number of amides is 1. The van der Waals surface area contributed by atoms with Crippen molar-refractivity contribution in [2.75, 3.05) is 6.61 Å². The number of ether oxygens (including phenoxy) is 1. The molecule has 0 saturated heterocycles. The molecular formula is C21H25N3O3. The number of carbonyl (C=O) groups excluding carboxylic acids is 2. The van der Waals surface area contributed by atoms with E-state index >= 15 is 0 Å². The molecule has 0 aliphatic carbocycles. The Kier molecular flexibility index (Phi) is 6.06. The standard InChI is InChI=1S/C21H25N3O3/c1-14(2)21(5,13-22)23-19(25)12-27-20(26)17-8-10-18(11-9-17)24-15(3)6-7-16(24)4/h6-11,14H,12H2,1-5H3,(H,23,25). The average molecular weight is 367 g/mol. The molecule has 0 aliphatic heterocycles. The molecule has 6 heteroatoms. The molecule has 2 aromatic rings. The fourth-order valence-electron chi connectivity index (χ4n) is 2.66. The fraction of sp³-hybridized carbons (Fsp3) is 0.381. The lowest BCUT2D eigenvalue weighted by Gasteiger charge is -2.27. The van der Waals surface area contributed by atoms with Crippen LogP contribution in [0.3, 0.4) is 0 Å². The number of rotatable bonds is 6. The minimum atomic E-state index is -1.00. The molecule has 1 amide bonds. The molecule has 2 rings (SSSR count). The molecule has 27 heavy (non-hydrogen) atoms. The Balaban J connectivity index is 1.99. The van der Waals surface area contributed by atoms with Gasteiger partial charge < -0.3 is 14.6 Å². The van der Waals surface area contributed by atoms with Crippen LogP contribution in [0.1, 0.15) is 42.5 Å². The number of carbonyl (C=O) groups is 2. The summed E-state index contributed by atoms with van der Waals surface area (Å²) in [5.74, 6) is -1.16. The molecule has 1 atom stereocenters. The van der Waals surface area contributed by atoms with Gasteiger partial charge in [0.2, 0.25) is 0 Å². The number of hydrogen-bond donors (Lipinski definition) is 1. The summed E-state index contributed by atoms with van der Waals surface area (Å²) in [6.45, 7) is 8.91. The number of nitriles is 1. The zero-order chi connectivity index (χ0) is 20.2. The van der Waals surface area contributed by atoms with Gasteiger partial charge in [-0.2, -0.15) is 5.26 Å². The molecule has 1 unspecified atom stereocenters. The van der Waals surface area contributed by atoms with Crippen molar-refractivity contribution in [1.29, 1.82) is 5.26 Å². The number of aromatic nitrogens is 1. The lowest BCUT2D eigenvalue weighted by molar-refractivity contribution is -0.125. The van der Waals surface area contributed by atoms with E-state index in [1.807, 2.05) is 52.0 Å². The van der Waals surface area contributed by atoms with Gasteiger partial charge in [0.1, 0.15) is 5.54 Å². The normalized spacial score (nSPS) is 12.9. The second-order valence-corrected chi connectivity index (χ2v) is 7.09. The van der Waals surface area contributed by atoms with Crippen molar-refractivity contribution in [3.05, 3.63) is 53.3 Å². The number of aryl methyl sites for hydroxylation is 2. The molecular weight excluding hydrogens is 342 g/mol. The minimum absolute atomic E-state index is 0.0738. The van der Waals surface area contributed by atoms with Crippen LogP contribution in [0, 0.1) is 31.1 Å². The van der Waals surface area contributed by atoms with Crippen molar-refractivity contribution in [2.45, 2.75) is 40.2 Å². The van der Waals surface area contributed by atoms with Crippen molar-refractivity contribution in [3.8, 4) is 11.8 Å². The van der Waals surface area contributed by atoms with Crippen LogP contribution in [0.15, 0.2) is 36.4 Å². The first-order valence-electron chi connectivity index (χ1n) is 8.82. The van der Waals surface area contributed by atoms with Crippen molar-refractivity contribution < 1.29 is 14.3 Å². The molecule has 1 heterocycles. The second-order valence-electron chi connectivity index (χ2n) is 7.09. The molecule has 6 nitrogen and oxygen atoms in total. The highest BCUT2D eigenvalue weighted by atomic mass is 16.5. The van der Waals surface area contributed by atoms with Crippen LogP contribution < -0.4 is 5.32 Å². The van der Waals surface area contributed by atoms with Gasteiger partial charge in [0.15, 0.2) is 6.61 Å². The second kappa shape index (κ2) is 8.09. The summed E-state index contributed by atoms with van der Waals surface area (Å²) in [5, 5.41) is 11.8. The van der Waals surface area contributed by atoms with Crippen molar-refractivity contribution in [1.82, 2.24) is 9.88 Å². The third-order valence-electron chi connectivity index (χ3n) is 4.75. The lowest BCUT2D eigenvalue weighted by atomic mass is 9.90. The summed E-state index contributed by atoms with van der Waals surface area (Å²) in [5.41, 5.74) is 2.51. The first-order chi connectivity index (χ1) is 12.7. The summed E-state index contributed by atoms with van der Waals surface area (Å²) in [7, 11) is 0. The smallest absolute Gasteiger partial charge is 0.338 e. The third kappa shape index (κ3) is 4.56. The van der Waals surface area contributed by atoms with Gasteiger partial charge in [-0.05, 0) is 63.1 Å².